The molecule has 0 saturated carbocycles. The molecular formula is C12H14N2O5S. The van der Waals surface area contributed by atoms with Crippen LogP contribution in [0, 0.1) is 0 Å². The number of nitrogens with zero attached hydrogens (tertiary/aromatic N) is 1. The van der Waals surface area contributed by atoms with Gasteiger partial charge in [-0.05, 0) is 18.6 Å². The van der Waals surface area contributed by atoms with Gasteiger partial charge in [0.25, 0.3) is 0 Å². The van der Waals surface area contributed by atoms with Crippen molar-refractivity contribution >= 4 is 21.1 Å². The summed E-state index contributed by atoms with van der Waals surface area (Å²) in [5.74, 6) is -0.602. The number of H-pyrrole nitrogens is 1. The molecule has 8 heteroatoms. The van der Waals surface area contributed by atoms with E-state index in [1.54, 1.807) is 7.11 Å². The summed E-state index contributed by atoms with van der Waals surface area (Å²) < 4.78 is 36.4. The number of methoxy groups -OCH3 is 1. The third-order valence-corrected chi connectivity index (χ3v) is 5.33. The minimum absolute atomic E-state index is 0.0707. The van der Waals surface area contributed by atoms with E-state index >= 15 is 0 Å². The Labute approximate surface area is 115 Å². The fraction of sp³-hybridized carbons (Fsp3) is 0.417. The number of fused-ring (bicyclic) bond motifs is 1. The molecule has 0 radical (unpaired) electrons. The van der Waals surface area contributed by atoms with Crippen molar-refractivity contribution in [2.75, 3.05) is 20.2 Å². The van der Waals surface area contributed by atoms with Crippen LogP contribution in [0.5, 0.6) is 0 Å². The lowest BCUT2D eigenvalue weighted by Crippen LogP contribution is -2.30. The maximum absolute atomic E-state index is 12.5. The van der Waals surface area contributed by atoms with E-state index < -0.39 is 15.8 Å². The first-order valence-corrected chi connectivity index (χ1v) is 7.60. The molecule has 20 heavy (non-hydrogen) atoms. The van der Waals surface area contributed by atoms with Gasteiger partial charge in [0, 0.05) is 26.3 Å². The highest BCUT2D eigenvalue weighted by atomic mass is 32.2. The van der Waals surface area contributed by atoms with Crippen molar-refractivity contribution in [3.8, 4) is 0 Å². The van der Waals surface area contributed by atoms with Crippen molar-refractivity contribution in [3.05, 3.63) is 28.7 Å². The van der Waals surface area contributed by atoms with Crippen LogP contribution in [0.2, 0.25) is 0 Å². The molecule has 0 bridgehead atoms. The Balaban J connectivity index is 1.98. The number of oxazole rings is 1. The number of hydrogen-bond acceptors (Lipinski definition) is 5. The molecule has 3 rings (SSSR count). The van der Waals surface area contributed by atoms with E-state index in [0.717, 1.165) is 0 Å². The van der Waals surface area contributed by atoms with Gasteiger partial charge in [-0.25, -0.2) is 13.2 Å². The lowest BCUT2D eigenvalue weighted by atomic mass is 10.3. The van der Waals surface area contributed by atoms with E-state index in [1.165, 1.54) is 22.5 Å². The summed E-state index contributed by atoms with van der Waals surface area (Å²) in [5.41, 5.74) is 0.712. The summed E-state index contributed by atoms with van der Waals surface area (Å²) in [6.45, 7) is 0.768. The number of aromatic amines is 1. The molecular weight excluding hydrogens is 284 g/mol. The maximum Gasteiger partial charge on any atom is 0.417 e. The van der Waals surface area contributed by atoms with Gasteiger partial charge < -0.3 is 9.15 Å². The zero-order valence-corrected chi connectivity index (χ0v) is 11.6. The summed E-state index contributed by atoms with van der Waals surface area (Å²) in [5, 5.41) is 0. The molecule has 1 fully saturated rings. The van der Waals surface area contributed by atoms with Crippen molar-refractivity contribution in [3.63, 3.8) is 0 Å². The van der Waals surface area contributed by atoms with Gasteiger partial charge in [-0.3, -0.25) is 4.98 Å². The zero-order valence-electron chi connectivity index (χ0n) is 10.8. The minimum Gasteiger partial charge on any atom is -0.408 e. The first kappa shape index (κ1) is 13.3. The monoisotopic (exact) mass is 298 g/mol. The van der Waals surface area contributed by atoms with Crippen LogP contribution in [-0.2, 0) is 14.8 Å². The summed E-state index contributed by atoms with van der Waals surface area (Å²) in [4.78, 5) is 13.7. The highest BCUT2D eigenvalue weighted by molar-refractivity contribution is 7.89. The predicted octanol–water partition coefficient (Wildman–Crippen LogP) is 0.530. The van der Waals surface area contributed by atoms with E-state index in [9.17, 15) is 13.2 Å². The summed E-state index contributed by atoms with van der Waals surface area (Å²) in [7, 11) is -2.02. The lowest BCUT2D eigenvalue weighted by molar-refractivity contribution is 0.115. The molecule has 1 N–H and O–H groups in total. The second kappa shape index (κ2) is 4.72. The van der Waals surface area contributed by atoms with Crippen molar-refractivity contribution in [1.29, 1.82) is 0 Å². The number of benzene rings is 1. The van der Waals surface area contributed by atoms with Crippen LogP contribution in [0.4, 0.5) is 0 Å². The number of ether oxygens (including phenoxy) is 1. The highest BCUT2D eigenvalue weighted by Gasteiger charge is 2.32. The van der Waals surface area contributed by atoms with Crippen molar-refractivity contribution in [2.45, 2.75) is 17.4 Å². The van der Waals surface area contributed by atoms with Crippen LogP contribution in [0.3, 0.4) is 0 Å². The molecule has 1 aliphatic heterocycles. The SMILES string of the molecule is CO[C@H]1CCN(S(=O)(=O)c2ccc3[nH]c(=O)oc3c2)C1. The van der Waals surface area contributed by atoms with Crippen LogP contribution >= 0.6 is 0 Å². The van der Waals surface area contributed by atoms with Gasteiger partial charge in [-0.2, -0.15) is 4.31 Å². The average molecular weight is 298 g/mol. The standard InChI is InChI=1S/C12H14N2O5S/c1-18-8-4-5-14(7-8)20(16,17)9-2-3-10-11(6-9)19-12(15)13-10/h2-3,6,8H,4-5,7H2,1H3,(H,13,15)/t8-/m0/s1. The summed E-state index contributed by atoms with van der Waals surface area (Å²) in [6, 6.07) is 4.35. The number of hydrogen-bond donors (Lipinski definition) is 1. The van der Waals surface area contributed by atoms with Gasteiger partial charge >= 0.3 is 5.76 Å². The zero-order chi connectivity index (χ0) is 14.3. The van der Waals surface area contributed by atoms with Gasteiger partial charge in [0.05, 0.1) is 16.5 Å². The van der Waals surface area contributed by atoms with Crippen LogP contribution in [0.15, 0.2) is 32.3 Å². The Bertz CT molecular complexity index is 792. The third-order valence-electron chi connectivity index (χ3n) is 3.47. The van der Waals surface area contributed by atoms with Gasteiger partial charge in [0.15, 0.2) is 5.58 Å². The second-order valence-electron chi connectivity index (χ2n) is 4.68. The molecule has 7 nitrogen and oxygen atoms in total. The molecule has 1 aromatic heterocycles. The van der Waals surface area contributed by atoms with Crippen LogP contribution in [-0.4, -0.2) is 44.0 Å². The van der Waals surface area contributed by atoms with Crippen molar-refractivity contribution in [2.24, 2.45) is 0 Å². The molecule has 1 atom stereocenters. The van der Waals surface area contributed by atoms with E-state index in [4.69, 9.17) is 9.15 Å². The van der Waals surface area contributed by atoms with E-state index in [2.05, 4.69) is 4.98 Å². The average Bonchev–Trinajstić information content (AvgIpc) is 3.02. The molecule has 1 saturated heterocycles. The Morgan fingerprint density at radius 2 is 2.25 bits per heavy atom. The smallest absolute Gasteiger partial charge is 0.408 e. The molecule has 108 valence electrons. The topological polar surface area (TPSA) is 92.6 Å². The normalized spacial score (nSPS) is 20.8. The van der Waals surface area contributed by atoms with Gasteiger partial charge in [-0.1, -0.05) is 0 Å². The molecule has 0 unspecified atom stereocenters. The number of rotatable bonds is 3. The first-order valence-electron chi connectivity index (χ1n) is 6.16. The Hall–Kier alpha value is -1.64. The Morgan fingerprint density at radius 1 is 1.45 bits per heavy atom. The van der Waals surface area contributed by atoms with E-state index in [0.29, 0.717) is 25.0 Å². The maximum atomic E-state index is 12.5. The van der Waals surface area contributed by atoms with Crippen LogP contribution < -0.4 is 5.76 Å². The molecule has 1 aliphatic rings. The second-order valence-corrected chi connectivity index (χ2v) is 6.62. The summed E-state index contributed by atoms with van der Waals surface area (Å²) in [6.07, 6.45) is 0.607. The first-order chi connectivity index (χ1) is 9.50. The molecule has 2 heterocycles. The highest BCUT2D eigenvalue weighted by Crippen LogP contribution is 2.24. The fourth-order valence-electron chi connectivity index (χ4n) is 2.34. The number of nitrogens with one attached hydrogen (secondary N) is 1. The molecule has 0 amide bonds. The van der Waals surface area contributed by atoms with Crippen LogP contribution in [0.1, 0.15) is 6.42 Å². The molecule has 2 aromatic rings. The fourth-order valence-corrected chi connectivity index (χ4v) is 3.85. The van der Waals surface area contributed by atoms with Crippen molar-refractivity contribution in [1.82, 2.24) is 9.29 Å². The third kappa shape index (κ3) is 2.15. The van der Waals surface area contributed by atoms with E-state index in [-0.39, 0.29) is 16.6 Å². The molecule has 1 aromatic carbocycles. The molecule has 0 spiro atoms. The lowest BCUT2D eigenvalue weighted by Gasteiger charge is -2.16. The minimum atomic E-state index is -3.59. The Morgan fingerprint density at radius 3 is 2.95 bits per heavy atom. The van der Waals surface area contributed by atoms with E-state index in [1.807, 2.05) is 0 Å². The quantitative estimate of drug-likeness (QED) is 0.892. The molecule has 0 aliphatic carbocycles. The number of aromatic nitrogens is 1. The summed E-state index contributed by atoms with van der Waals surface area (Å²) >= 11 is 0. The Kier molecular flexibility index (Phi) is 3.15. The van der Waals surface area contributed by atoms with Crippen molar-refractivity contribution < 1.29 is 17.6 Å². The largest absolute Gasteiger partial charge is 0.417 e. The van der Waals surface area contributed by atoms with Gasteiger partial charge in [0.2, 0.25) is 10.0 Å². The predicted molar refractivity (Wildman–Crippen MR) is 71.0 cm³/mol. The number of sulfonamides is 1. The van der Waals surface area contributed by atoms with Crippen LogP contribution in [0.25, 0.3) is 11.1 Å². The van der Waals surface area contributed by atoms with Gasteiger partial charge in [0.1, 0.15) is 0 Å². The van der Waals surface area contributed by atoms with Gasteiger partial charge in [-0.15, -0.1) is 0 Å².